The number of nitrogens with zero attached hydrogens (tertiary/aromatic N) is 2. The van der Waals surface area contributed by atoms with Crippen molar-refractivity contribution in [3.63, 3.8) is 0 Å². The van der Waals surface area contributed by atoms with Gasteiger partial charge >= 0.3 is 0 Å². The van der Waals surface area contributed by atoms with Crippen molar-refractivity contribution >= 4 is 23.2 Å². The van der Waals surface area contributed by atoms with Gasteiger partial charge in [-0.25, -0.2) is 4.39 Å². The van der Waals surface area contributed by atoms with E-state index in [4.69, 9.17) is 11.6 Å². The number of aromatic nitrogens is 2. The molecule has 0 radical (unpaired) electrons. The van der Waals surface area contributed by atoms with Crippen LogP contribution in [0.2, 0.25) is 5.02 Å². The van der Waals surface area contributed by atoms with Crippen LogP contribution in [-0.4, -0.2) is 15.7 Å². The maximum Gasteiger partial charge on any atom is 0.224 e. The van der Waals surface area contributed by atoms with Crippen LogP contribution in [0.25, 0.3) is 0 Å². The summed E-state index contributed by atoms with van der Waals surface area (Å²) in [6, 6.07) is 13.9. The van der Waals surface area contributed by atoms with E-state index in [1.807, 2.05) is 44.2 Å². The fraction of sp³-hybridized carbons (Fsp3) is 0.238. The summed E-state index contributed by atoms with van der Waals surface area (Å²) in [6.45, 7) is 4.20. The zero-order valence-corrected chi connectivity index (χ0v) is 16.1. The van der Waals surface area contributed by atoms with Gasteiger partial charge in [-0.2, -0.15) is 5.10 Å². The second-order valence-electron chi connectivity index (χ2n) is 6.51. The van der Waals surface area contributed by atoms with Crippen LogP contribution in [0.15, 0.2) is 48.5 Å². The first-order valence-electron chi connectivity index (χ1n) is 8.75. The number of nitrogens with one attached hydrogen (secondary N) is 1. The summed E-state index contributed by atoms with van der Waals surface area (Å²) in [5, 5.41) is 8.12. The molecule has 0 bridgehead atoms. The van der Waals surface area contributed by atoms with Crippen LogP contribution in [0.5, 0.6) is 0 Å². The molecular weight excluding hydrogens is 365 g/mol. The fourth-order valence-corrected chi connectivity index (χ4v) is 3.08. The molecule has 3 aromatic rings. The van der Waals surface area contributed by atoms with Gasteiger partial charge in [0.1, 0.15) is 5.82 Å². The van der Waals surface area contributed by atoms with Crippen LogP contribution < -0.4 is 5.32 Å². The molecule has 0 unspecified atom stereocenters. The largest absolute Gasteiger partial charge is 0.323 e. The smallest absolute Gasteiger partial charge is 0.224 e. The first kappa shape index (κ1) is 19.1. The number of hydrogen-bond donors (Lipinski definition) is 1. The molecule has 6 heteroatoms. The van der Waals surface area contributed by atoms with Crippen molar-refractivity contribution in [1.29, 1.82) is 0 Å². The highest BCUT2D eigenvalue weighted by Crippen LogP contribution is 2.21. The van der Waals surface area contributed by atoms with Gasteiger partial charge in [0.25, 0.3) is 0 Å². The summed E-state index contributed by atoms with van der Waals surface area (Å²) in [5.41, 5.74) is 4.18. The van der Waals surface area contributed by atoms with Crippen molar-refractivity contribution in [3.8, 4) is 0 Å². The van der Waals surface area contributed by atoms with Crippen LogP contribution in [0.3, 0.4) is 0 Å². The molecule has 3 rings (SSSR count). The molecule has 0 aliphatic carbocycles. The summed E-state index contributed by atoms with van der Waals surface area (Å²) in [5.74, 6) is -0.341. The van der Waals surface area contributed by atoms with Crippen LogP contribution in [0.4, 0.5) is 10.1 Å². The minimum Gasteiger partial charge on any atom is -0.323 e. The Morgan fingerprint density at radius 1 is 1.15 bits per heavy atom. The zero-order valence-electron chi connectivity index (χ0n) is 15.3. The Balaban J connectivity index is 1.65. The Kier molecular flexibility index (Phi) is 5.91. The van der Waals surface area contributed by atoms with Crippen molar-refractivity contribution in [2.45, 2.75) is 33.2 Å². The third-order valence-electron chi connectivity index (χ3n) is 4.42. The zero-order chi connectivity index (χ0) is 19.4. The van der Waals surface area contributed by atoms with Crippen LogP contribution in [0, 0.1) is 19.7 Å². The third kappa shape index (κ3) is 4.95. The van der Waals surface area contributed by atoms with Gasteiger partial charge in [-0.1, -0.05) is 35.9 Å². The lowest BCUT2D eigenvalue weighted by molar-refractivity contribution is -0.116. The Morgan fingerprint density at radius 3 is 2.59 bits per heavy atom. The molecule has 0 fully saturated rings. The van der Waals surface area contributed by atoms with Gasteiger partial charge in [0.2, 0.25) is 5.91 Å². The minimum absolute atomic E-state index is 0.0681. The summed E-state index contributed by atoms with van der Waals surface area (Å²) in [6.07, 6.45) is 1.01. The van der Waals surface area contributed by atoms with E-state index in [1.165, 1.54) is 12.1 Å². The first-order valence-corrected chi connectivity index (χ1v) is 9.13. The molecule has 0 saturated heterocycles. The molecule has 4 nitrogen and oxygen atoms in total. The lowest BCUT2D eigenvalue weighted by Gasteiger charge is -2.08. The Labute approximate surface area is 163 Å². The van der Waals surface area contributed by atoms with Gasteiger partial charge in [0.05, 0.1) is 23.6 Å². The molecule has 1 N–H and O–H groups in total. The molecule has 0 aliphatic rings. The van der Waals surface area contributed by atoms with E-state index in [1.54, 1.807) is 10.7 Å². The lowest BCUT2D eigenvalue weighted by Crippen LogP contribution is -2.14. The van der Waals surface area contributed by atoms with Gasteiger partial charge in [0.15, 0.2) is 0 Å². The van der Waals surface area contributed by atoms with Crippen molar-refractivity contribution in [2.75, 3.05) is 5.32 Å². The van der Waals surface area contributed by atoms with Crippen molar-refractivity contribution in [3.05, 3.63) is 81.9 Å². The summed E-state index contributed by atoms with van der Waals surface area (Å²) in [7, 11) is 0. The maximum absolute atomic E-state index is 13.4. The molecule has 0 atom stereocenters. The van der Waals surface area contributed by atoms with E-state index in [0.717, 1.165) is 22.5 Å². The van der Waals surface area contributed by atoms with E-state index in [2.05, 4.69) is 10.4 Å². The van der Waals surface area contributed by atoms with Gasteiger partial charge in [-0.05, 0) is 55.7 Å². The van der Waals surface area contributed by atoms with Crippen molar-refractivity contribution in [2.24, 2.45) is 0 Å². The summed E-state index contributed by atoms with van der Waals surface area (Å²) < 4.78 is 15.2. The number of anilines is 1. The number of carbonyl (C=O) groups is 1. The molecule has 1 amide bonds. The average molecular weight is 386 g/mol. The van der Waals surface area contributed by atoms with E-state index in [-0.39, 0.29) is 11.7 Å². The highest BCUT2D eigenvalue weighted by Gasteiger charge is 2.14. The van der Waals surface area contributed by atoms with Crippen LogP contribution >= 0.6 is 11.6 Å². The molecule has 140 valence electrons. The van der Waals surface area contributed by atoms with Crippen LogP contribution in [0.1, 0.15) is 28.9 Å². The molecule has 1 aromatic heterocycles. The van der Waals surface area contributed by atoms with E-state index < -0.39 is 0 Å². The third-order valence-corrected chi connectivity index (χ3v) is 4.67. The first-order chi connectivity index (χ1) is 12.9. The van der Waals surface area contributed by atoms with Crippen LogP contribution in [-0.2, 0) is 17.8 Å². The van der Waals surface area contributed by atoms with Crippen molar-refractivity contribution < 1.29 is 9.18 Å². The average Bonchev–Trinajstić information content (AvgIpc) is 2.89. The molecule has 0 aliphatic heterocycles. The molecule has 0 saturated carbocycles. The van der Waals surface area contributed by atoms with Gasteiger partial charge in [0, 0.05) is 11.4 Å². The standard InChI is InChI=1S/C21H21ClFN3O/c1-14-21(24-20(27)11-8-16-6-9-18(22)10-7-16)15(2)26(25-14)13-17-4-3-5-19(23)12-17/h3-7,9-10,12H,8,11,13H2,1-2H3,(H,24,27). The quantitative estimate of drug-likeness (QED) is 0.655. The van der Waals surface area contributed by atoms with Gasteiger partial charge in [-0.15, -0.1) is 0 Å². The fourth-order valence-electron chi connectivity index (χ4n) is 2.95. The van der Waals surface area contributed by atoms with Gasteiger partial charge in [-0.3, -0.25) is 9.48 Å². The molecule has 2 aromatic carbocycles. The number of halogens is 2. The number of hydrogen-bond acceptors (Lipinski definition) is 2. The normalized spacial score (nSPS) is 10.8. The summed E-state index contributed by atoms with van der Waals surface area (Å²) in [4.78, 5) is 12.3. The minimum atomic E-state index is -0.273. The number of benzene rings is 2. The number of carbonyl (C=O) groups excluding carboxylic acids is 1. The molecule has 0 spiro atoms. The predicted molar refractivity (Wildman–Crippen MR) is 106 cm³/mol. The Bertz CT molecular complexity index is 951. The molecule has 1 heterocycles. The second-order valence-corrected chi connectivity index (χ2v) is 6.94. The highest BCUT2D eigenvalue weighted by molar-refractivity contribution is 6.30. The highest BCUT2D eigenvalue weighted by atomic mass is 35.5. The monoisotopic (exact) mass is 385 g/mol. The lowest BCUT2D eigenvalue weighted by atomic mass is 10.1. The van der Waals surface area contributed by atoms with Crippen molar-refractivity contribution in [1.82, 2.24) is 9.78 Å². The van der Waals surface area contributed by atoms with Gasteiger partial charge < -0.3 is 5.32 Å². The predicted octanol–water partition coefficient (Wildman–Crippen LogP) is 4.91. The maximum atomic E-state index is 13.4. The number of aryl methyl sites for hydroxylation is 2. The topological polar surface area (TPSA) is 46.9 Å². The number of amides is 1. The number of rotatable bonds is 6. The summed E-state index contributed by atoms with van der Waals surface area (Å²) >= 11 is 5.88. The Morgan fingerprint density at radius 2 is 1.89 bits per heavy atom. The SMILES string of the molecule is Cc1nn(Cc2cccc(F)c2)c(C)c1NC(=O)CCc1ccc(Cl)cc1. The molecule has 27 heavy (non-hydrogen) atoms. The van der Waals surface area contributed by atoms with E-state index in [0.29, 0.717) is 30.1 Å². The Hall–Kier alpha value is -2.66. The second kappa shape index (κ2) is 8.35. The van der Waals surface area contributed by atoms with E-state index >= 15 is 0 Å². The van der Waals surface area contributed by atoms with E-state index in [9.17, 15) is 9.18 Å². The molecular formula is C21H21ClFN3O.